The summed E-state index contributed by atoms with van der Waals surface area (Å²) in [6, 6.07) is -1.03. The molecule has 1 fully saturated rings. The van der Waals surface area contributed by atoms with Gasteiger partial charge in [0, 0.05) is 22.3 Å². The number of thiazole rings is 1. The molecule has 0 saturated carbocycles. The van der Waals surface area contributed by atoms with Crippen molar-refractivity contribution in [1.29, 1.82) is 0 Å². The number of nitrogen functional groups attached to an aromatic ring is 1. The highest BCUT2D eigenvalue weighted by Crippen LogP contribution is 2.43. The predicted molar refractivity (Wildman–Crippen MR) is 121 cm³/mol. The molecule has 2 atom stereocenters. The monoisotopic (exact) mass is 519 g/mol. The van der Waals surface area contributed by atoms with Crippen LogP contribution in [0.2, 0.25) is 0 Å². The summed E-state index contributed by atoms with van der Waals surface area (Å²) < 4.78 is 22.4. The smallest absolute Gasteiger partial charge is 0.353 e. The molecule has 0 aromatic carbocycles. The third kappa shape index (κ3) is 5.08. The number of amides is 2. The first kappa shape index (κ1) is 24.1. The number of anilines is 1. The second-order valence-electron chi connectivity index (χ2n) is 6.54. The first-order chi connectivity index (χ1) is 15.0. The number of carbonyl (C=O) groups excluding carboxylic acids is 2. The summed E-state index contributed by atoms with van der Waals surface area (Å²) in [6.45, 7) is 0. The Morgan fingerprint density at radius 2 is 2.22 bits per heavy atom. The van der Waals surface area contributed by atoms with Crippen molar-refractivity contribution >= 4 is 73.3 Å². The van der Waals surface area contributed by atoms with Gasteiger partial charge in [0.05, 0.1) is 5.75 Å². The van der Waals surface area contributed by atoms with E-state index in [1.807, 2.05) is 0 Å². The number of β-lactam (4-membered cyclic amide) rings is 1. The average Bonchev–Trinajstić information content (AvgIpc) is 3.14. The molecular formula is C16H17N5O7S4. The molecule has 3 rings (SSSR count). The van der Waals surface area contributed by atoms with E-state index in [-0.39, 0.29) is 28.0 Å². The number of aliphatic carboxylic acids is 1. The van der Waals surface area contributed by atoms with Gasteiger partial charge in [-0.1, -0.05) is 23.0 Å². The van der Waals surface area contributed by atoms with Crippen molar-refractivity contribution in [2.75, 3.05) is 23.5 Å². The van der Waals surface area contributed by atoms with Crippen LogP contribution < -0.4 is 11.1 Å². The van der Waals surface area contributed by atoms with E-state index in [1.54, 1.807) is 0 Å². The van der Waals surface area contributed by atoms with Gasteiger partial charge in [0.1, 0.15) is 22.8 Å². The second kappa shape index (κ2) is 9.51. The van der Waals surface area contributed by atoms with Crippen LogP contribution in [0.1, 0.15) is 5.69 Å². The van der Waals surface area contributed by atoms with E-state index in [4.69, 9.17) is 5.73 Å². The number of carbonyl (C=O) groups is 3. The number of oxime groups is 1. The Kier molecular flexibility index (Phi) is 7.16. The number of carboxylic acid groups (broad SMARTS) is 1. The summed E-state index contributed by atoms with van der Waals surface area (Å²) in [4.78, 5) is 42.3. The maximum absolute atomic E-state index is 12.7. The van der Waals surface area contributed by atoms with Gasteiger partial charge in [-0.2, -0.15) is 0 Å². The highest BCUT2D eigenvalue weighted by atomic mass is 32.2. The molecule has 1 aromatic heterocycles. The van der Waals surface area contributed by atoms with Gasteiger partial charge in [0.25, 0.3) is 11.8 Å². The Morgan fingerprint density at radius 3 is 2.78 bits per heavy atom. The fourth-order valence-electron chi connectivity index (χ4n) is 2.84. The molecule has 0 radical (unpaired) electrons. The average molecular weight is 520 g/mol. The van der Waals surface area contributed by atoms with Crippen molar-refractivity contribution in [2.24, 2.45) is 5.16 Å². The second-order valence-corrected chi connectivity index (χ2v) is 11.7. The van der Waals surface area contributed by atoms with E-state index < -0.39 is 44.7 Å². The van der Waals surface area contributed by atoms with E-state index in [1.165, 1.54) is 28.6 Å². The van der Waals surface area contributed by atoms with E-state index in [2.05, 4.69) is 15.5 Å². The van der Waals surface area contributed by atoms with E-state index in [0.29, 0.717) is 4.91 Å². The Labute approximate surface area is 194 Å². The molecule has 32 heavy (non-hydrogen) atoms. The fourth-order valence-corrected chi connectivity index (χ4v) is 6.28. The fraction of sp³-hybridized carbons (Fsp3) is 0.312. The van der Waals surface area contributed by atoms with Crippen LogP contribution >= 0.6 is 34.9 Å². The number of sulfone groups is 1. The molecule has 1 unspecified atom stereocenters. The van der Waals surface area contributed by atoms with Crippen molar-refractivity contribution in [2.45, 2.75) is 11.4 Å². The molecule has 0 bridgehead atoms. The van der Waals surface area contributed by atoms with Gasteiger partial charge >= 0.3 is 5.97 Å². The van der Waals surface area contributed by atoms with Crippen LogP contribution in [0.25, 0.3) is 0 Å². The van der Waals surface area contributed by atoms with Crippen LogP contribution in [0.4, 0.5) is 5.13 Å². The van der Waals surface area contributed by atoms with Gasteiger partial charge in [-0.3, -0.25) is 14.5 Å². The summed E-state index contributed by atoms with van der Waals surface area (Å²) in [5.41, 5.74) is 4.91. The zero-order chi connectivity index (χ0) is 23.6. The summed E-state index contributed by atoms with van der Waals surface area (Å²) in [5, 5.41) is 26.6. The molecular weight excluding hydrogens is 502 g/mol. The van der Waals surface area contributed by atoms with Gasteiger partial charge in [-0.05, 0) is 5.41 Å². The number of hydrogen-bond acceptors (Lipinski definition) is 12. The normalized spacial score (nSPS) is 21.5. The van der Waals surface area contributed by atoms with Gasteiger partial charge < -0.3 is 21.4 Å². The SMILES string of the molecule is CS(=O)(=O)C/C=C\SC1=C(C(=O)O)N2C(=O)C(NC(=O)/C(=N\O)c3csc(N)n3)[C@H]2SC1. The molecule has 0 spiro atoms. The van der Waals surface area contributed by atoms with Crippen LogP contribution in [-0.2, 0) is 24.2 Å². The molecule has 16 heteroatoms. The van der Waals surface area contributed by atoms with E-state index >= 15 is 0 Å². The predicted octanol–water partition coefficient (Wildman–Crippen LogP) is -0.109. The molecule has 2 aliphatic heterocycles. The lowest BCUT2D eigenvalue weighted by atomic mass is 10.0. The van der Waals surface area contributed by atoms with Gasteiger partial charge in [0.15, 0.2) is 20.7 Å². The van der Waals surface area contributed by atoms with E-state index in [9.17, 15) is 33.1 Å². The van der Waals surface area contributed by atoms with E-state index in [0.717, 1.165) is 34.3 Å². The topological polar surface area (TPSA) is 192 Å². The molecule has 3 heterocycles. The molecule has 5 N–H and O–H groups in total. The van der Waals surface area contributed by atoms with Crippen molar-refractivity contribution in [3.05, 3.63) is 33.2 Å². The zero-order valence-corrected chi connectivity index (χ0v) is 19.6. The van der Waals surface area contributed by atoms with Crippen molar-refractivity contribution in [1.82, 2.24) is 15.2 Å². The van der Waals surface area contributed by atoms with Crippen molar-refractivity contribution in [3.63, 3.8) is 0 Å². The summed E-state index contributed by atoms with van der Waals surface area (Å²) in [6.07, 6.45) is 2.47. The number of thioether (sulfide) groups is 2. The summed E-state index contributed by atoms with van der Waals surface area (Å²) in [7, 11) is -3.20. The van der Waals surface area contributed by atoms with Gasteiger partial charge in [0.2, 0.25) is 0 Å². The molecule has 1 aromatic rings. The Balaban J connectivity index is 1.73. The van der Waals surface area contributed by atoms with Crippen LogP contribution in [0.15, 0.2) is 32.6 Å². The highest BCUT2D eigenvalue weighted by molar-refractivity contribution is 8.08. The summed E-state index contributed by atoms with van der Waals surface area (Å²) >= 11 is 3.30. The summed E-state index contributed by atoms with van der Waals surface area (Å²) in [5.74, 6) is -2.77. The number of aromatic nitrogens is 1. The molecule has 0 aliphatic carbocycles. The minimum absolute atomic E-state index is 0.0399. The third-order valence-electron chi connectivity index (χ3n) is 4.21. The van der Waals surface area contributed by atoms with Crippen molar-refractivity contribution in [3.8, 4) is 0 Å². The minimum Gasteiger partial charge on any atom is -0.477 e. The quantitative estimate of drug-likeness (QED) is 0.155. The molecule has 2 amide bonds. The minimum atomic E-state index is -3.20. The molecule has 1 saturated heterocycles. The number of carboxylic acids is 1. The van der Waals surface area contributed by atoms with Crippen LogP contribution in [0.3, 0.4) is 0 Å². The standard InChI is InChI=1S/C16H17N5O7S4/c1-32(27,28)4-2-3-29-8-6-30-14-10(13(23)21(14)11(8)15(24)25)19-12(22)9(20-26)7-5-31-16(17)18-7/h2-3,5,10,14,26H,4,6H2,1H3,(H2,17,18)(H,19,22)(H,24,25)/b3-2-,20-9-/t10?,14-/m1/s1. The molecule has 12 nitrogen and oxygen atoms in total. The lowest BCUT2D eigenvalue weighted by Crippen LogP contribution is -2.71. The van der Waals surface area contributed by atoms with Crippen LogP contribution in [0.5, 0.6) is 0 Å². The number of rotatable bonds is 8. The maximum atomic E-state index is 12.7. The largest absolute Gasteiger partial charge is 0.477 e. The Bertz CT molecular complexity index is 1160. The van der Waals surface area contributed by atoms with Gasteiger partial charge in [-0.15, -0.1) is 23.1 Å². The number of nitrogens with one attached hydrogen (secondary N) is 1. The lowest BCUT2D eigenvalue weighted by molar-refractivity contribution is -0.150. The highest BCUT2D eigenvalue weighted by Gasteiger charge is 2.54. The first-order valence-corrected chi connectivity index (χ1v) is 13.5. The first-order valence-electron chi connectivity index (χ1n) is 8.68. The molecule has 2 aliphatic rings. The third-order valence-corrected chi connectivity index (χ3v) is 8.09. The van der Waals surface area contributed by atoms with Crippen LogP contribution in [-0.4, -0.2) is 81.3 Å². The maximum Gasteiger partial charge on any atom is 0.353 e. The van der Waals surface area contributed by atoms with Crippen LogP contribution in [0, 0.1) is 0 Å². The zero-order valence-electron chi connectivity index (χ0n) is 16.3. The Hall–Kier alpha value is -2.56. The number of nitrogens with two attached hydrogens (primary N) is 1. The lowest BCUT2D eigenvalue weighted by Gasteiger charge is -2.49. The van der Waals surface area contributed by atoms with Gasteiger partial charge in [-0.25, -0.2) is 18.2 Å². The molecule has 172 valence electrons. The number of fused-ring (bicyclic) bond motifs is 1. The number of nitrogens with zero attached hydrogens (tertiary/aromatic N) is 3. The number of hydrogen-bond donors (Lipinski definition) is 4. The Morgan fingerprint density at radius 1 is 1.50 bits per heavy atom. The van der Waals surface area contributed by atoms with Crippen molar-refractivity contribution < 1.29 is 33.1 Å².